The van der Waals surface area contributed by atoms with Crippen LogP contribution in [0, 0.1) is 0 Å². The first kappa shape index (κ1) is 14.6. The second-order valence-electron chi connectivity index (χ2n) is 5.13. The Balaban J connectivity index is 1.92. The lowest BCUT2D eigenvalue weighted by Gasteiger charge is -2.18. The van der Waals surface area contributed by atoms with E-state index in [0.717, 1.165) is 18.0 Å². The molecule has 0 saturated carbocycles. The molecule has 1 unspecified atom stereocenters. The van der Waals surface area contributed by atoms with Gasteiger partial charge < -0.3 is 5.32 Å². The molecule has 3 heteroatoms. The molecule has 0 spiro atoms. The molecule has 1 atom stereocenters. The molecule has 0 bridgehead atoms. The second-order valence-corrected chi connectivity index (χ2v) is 6.48. The number of rotatable bonds is 5. The molecule has 3 rings (SSSR count). The van der Waals surface area contributed by atoms with Gasteiger partial charge in [-0.2, -0.15) is 0 Å². The van der Waals surface area contributed by atoms with Crippen LogP contribution in [0.25, 0.3) is 10.1 Å². The number of nitrogens with one attached hydrogen (secondary N) is 1. The molecule has 2 aromatic carbocycles. The molecule has 0 aliphatic carbocycles. The third kappa shape index (κ3) is 3.29. The third-order valence-electron chi connectivity index (χ3n) is 3.69. The average Bonchev–Trinajstić information content (AvgIpc) is 2.93. The number of hydrogen-bond donors (Lipinski definition) is 1. The lowest BCUT2D eigenvalue weighted by atomic mass is 9.98. The van der Waals surface area contributed by atoms with Gasteiger partial charge in [-0.3, -0.25) is 0 Å². The van der Waals surface area contributed by atoms with Gasteiger partial charge in [0.2, 0.25) is 0 Å². The highest BCUT2D eigenvalue weighted by atomic mass is 35.5. The van der Waals surface area contributed by atoms with Gasteiger partial charge in [-0.15, -0.1) is 11.3 Å². The number of likely N-dealkylation sites (N-methyl/N-ethyl adjacent to an activating group) is 1. The largest absolute Gasteiger partial charge is 0.310 e. The van der Waals surface area contributed by atoms with Crippen molar-refractivity contribution in [1.29, 1.82) is 0 Å². The standard InChI is InChI=1S/C18H18ClNS/c1-2-20-17(11-13-7-9-14(19)10-8-13)16-12-21-18-6-4-3-5-15(16)18/h3-10,12,17,20H,2,11H2,1H3. The Labute approximate surface area is 134 Å². The molecule has 1 aromatic heterocycles. The predicted molar refractivity (Wildman–Crippen MR) is 93.4 cm³/mol. The van der Waals surface area contributed by atoms with Crippen molar-refractivity contribution < 1.29 is 0 Å². The maximum Gasteiger partial charge on any atom is 0.0406 e. The minimum atomic E-state index is 0.340. The summed E-state index contributed by atoms with van der Waals surface area (Å²) in [5.74, 6) is 0. The fraction of sp³-hybridized carbons (Fsp3) is 0.222. The van der Waals surface area contributed by atoms with Gasteiger partial charge >= 0.3 is 0 Å². The van der Waals surface area contributed by atoms with Gasteiger partial charge in [0.15, 0.2) is 0 Å². The van der Waals surface area contributed by atoms with Crippen molar-refractivity contribution in [1.82, 2.24) is 5.32 Å². The minimum Gasteiger partial charge on any atom is -0.310 e. The summed E-state index contributed by atoms with van der Waals surface area (Å²) in [5.41, 5.74) is 2.70. The van der Waals surface area contributed by atoms with E-state index in [4.69, 9.17) is 11.6 Å². The van der Waals surface area contributed by atoms with Crippen molar-refractivity contribution in [2.24, 2.45) is 0 Å². The molecule has 3 aromatic rings. The number of fused-ring (bicyclic) bond motifs is 1. The summed E-state index contributed by atoms with van der Waals surface area (Å²) in [6, 6.07) is 17.1. The van der Waals surface area contributed by atoms with Crippen molar-refractivity contribution in [3.8, 4) is 0 Å². The molecular weight excluding hydrogens is 298 g/mol. The molecule has 108 valence electrons. The zero-order chi connectivity index (χ0) is 14.7. The summed E-state index contributed by atoms with van der Waals surface area (Å²) in [5, 5.41) is 8.05. The zero-order valence-electron chi connectivity index (χ0n) is 12.0. The molecule has 0 aliphatic heterocycles. The first-order valence-corrected chi connectivity index (χ1v) is 8.47. The second kappa shape index (κ2) is 6.61. The van der Waals surface area contributed by atoms with Gasteiger partial charge in [0.25, 0.3) is 0 Å². The maximum atomic E-state index is 5.97. The van der Waals surface area contributed by atoms with Crippen LogP contribution in [0.15, 0.2) is 53.9 Å². The summed E-state index contributed by atoms with van der Waals surface area (Å²) in [4.78, 5) is 0. The van der Waals surface area contributed by atoms with E-state index in [-0.39, 0.29) is 0 Å². The van der Waals surface area contributed by atoms with Crippen LogP contribution >= 0.6 is 22.9 Å². The lowest BCUT2D eigenvalue weighted by molar-refractivity contribution is 0.554. The van der Waals surface area contributed by atoms with Gasteiger partial charge in [-0.05, 0) is 53.1 Å². The Kier molecular flexibility index (Phi) is 4.59. The summed E-state index contributed by atoms with van der Waals surface area (Å²) >= 11 is 7.79. The number of hydrogen-bond acceptors (Lipinski definition) is 2. The molecule has 0 saturated heterocycles. The lowest BCUT2D eigenvalue weighted by Crippen LogP contribution is -2.22. The average molecular weight is 316 g/mol. The molecule has 0 amide bonds. The van der Waals surface area contributed by atoms with Gasteiger partial charge in [0.1, 0.15) is 0 Å². The Bertz CT molecular complexity index is 717. The van der Waals surface area contributed by atoms with Gasteiger partial charge in [-0.25, -0.2) is 0 Å². The topological polar surface area (TPSA) is 12.0 Å². The van der Waals surface area contributed by atoms with E-state index < -0.39 is 0 Å². The first-order chi connectivity index (χ1) is 10.3. The highest BCUT2D eigenvalue weighted by Crippen LogP contribution is 2.32. The summed E-state index contributed by atoms with van der Waals surface area (Å²) in [6.07, 6.45) is 0.978. The van der Waals surface area contributed by atoms with Crippen LogP contribution < -0.4 is 5.32 Å². The number of thiophene rings is 1. The molecule has 0 fully saturated rings. The SMILES string of the molecule is CCNC(Cc1ccc(Cl)cc1)c1csc2ccccc12. The van der Waals surface area contributed by atoms with Gasteiger partial charge in [0, 0.05) is 15.8 Å². The predicted octanol–water partition coefficient (Wildman–Crippen LogP) is 5.45. The van der Waals surface area contributed by atoms with Crippen molar-refractivity contribution in [3.63, 3.8) is 0 Å². The van der Waals surface area contributed by atoms with Crippen molar-refractivity contribution in [2.75, 3.05) is 6.54 Å². The quantitative estimate of drug-likeness (QED) is 0.660. The van der Waals surface area contributed by atoms with Crippen LogP contribution in [0.2, 0.25) is 5.02 Å². The van der Waals surface area contributed by atoms with Crippen LogP contribution in [0.3, 0.4) is 0 Å². The fourth-order valence-electron chi connectivity index (χ4n) is 2.66. The maximum absolute atomic E-state index is 5.97. The molecule has 0 radical (unpaired) electrons. The van der Waals surface area contributed by atoms with E-state index >= 15 is 0 Å². The highest BCUT2D eigenvalue weighted by Gasteiger charge is 2.15. The van der Waals surface area contributed by atoms with Crippen LogP contribution in [-0.2, 0) is 6.42 Å². The highest BCUT2D eigenvalue weighted by molar-refractivity contribution is 7.17. The Morgan fingerprint density at radius 1 is 1.10 bits per heavy atom. The fourth-order valence-corrected chi connectivity index (χ4v) is 3.80. The van der Waals surface area contributed by atoms with Crippen molar-refractivity contribution >= 4 is 33.0 Å². The van der Waals surface area contributed by atoms with E-state index in [1.165, 1.54) is 21.2 Å². The first-order valence-electron chi connectivity index (χ1n) is 7.22. The van der Waals surface area contributed by atoms with Crippen LogP contribution in [0.4, 0.5) is 0 Å². The summed E-state index contributed by atoms with van der Waals surface area (Å²) in [7, 11) is 0. The van der Waals surface area contributed by atoms with E-state index in [2.05, 4.69) is 54.0 Å². The van der Waals surface area contributed by atoms with Crippen LogP contribution in [-0.4, -0.2) is 6.54 Å². The minimum absolute atomic E-state index is 0.340. The van der Waals surface area contributed by atoms with Crippen LogP contribution in [0.5, 0.6) is 0 Å². The summed E-state index contributed by atoms with van der Waals surface area (Å²) in [6.45, 7) is 3.12. The molecule has 1 N–H and O–H groups in total. The Hall–Kier alpha value is -1.35. The van der Waals surface area contributed by atoms with Crippen LogP contribution in [0.1, 0.15) is 24.1 Å². The molecule has 21 heavy (non-hydrogen) atoms. The third-order valence-corrected chi connectivity index (χ3v) is 4.92. The summed E-state index contributed by atoms with van der Waals surface area (Å²) < 4.78 is 1.35. The Morgan fingerprint density at radius 3 is 2.62 bits per heavy atom. The normalized spacial score (nSPS) is 12.7. The number of halogens is 1. The zero-order valence-corrected chi connectivity index (χ0v) is 13.5. The van der Waals surface area contributed by atoms with Gasteiger partial charge in [0.05, 0.1) is 0 Å². The molecule has 1 heterocycles. The van der Waals surface area contributed by atoms with Crippen molar-refractivity contribution in [3.05, 3.63) is 70.1 Å². The smallest absolute Gasteiger partial charge is 0.0406 e. The molecule has 0 aliphatic rings. The van der Waals surface area contributed by atoms with E-state index in [9.17, 15) is 0 Å². The van der Waals surface area contributed by atoms with E-state index in [1.54, 1.807) is 0 Å². The van der Waals surface area contributed by atoms with E-state index in [1.807, 2.05) is 23.5 Å². The van der Waals surface area contributed by atoms with Gasteiger partial charge in [-0.1, -0.05) is 48.9 Å². The number of benzene rings is 2. The van der Waals surface area contributed by atoms with E-state index in [0.29, 0.717) is 6.04 Å². The molecule has 1 nitrogen and oxygen atoms in total. The molecular formula is C18H18ClNS. The van der Waals surface area contributed by atoms with Crippen molar-refractivity contribution in [2.45, 2.75) is 19.4 Å². The Morgan fingerprint density at radius 2 is 1.86 bits per heavy atom. The monoisotopic (exact) mass is 315 g/mol.